The van der Waals surface area contributed by atoms with Crippen LogP contribution in [0, 0.1) is 6.92 Å². The lowest BCUT2D eigenvalue weighted by Gasteiger charge is -2.30. The first kappa shape index (κ1) is 17.5. The van der Waals surface area contributed by atoms with Gasteiger partial charge in [-0.2, -0.15) is 0 Å². The van der Waals surface area contributed by atoms with Crippen LogP contribution >= 0.6 is 0 Å². The molecule has 1 aliphatic heterocycles. The Kier molecular flexibility index (Phi) is 5.06. The second kappa shape index (κ2) is 7.25. The summed E-state index contributed by atoms with van der Waals surface area (Å²) >= 11 is 0. The first-order chi connectivity index (χ1) is 12.0. The maximum atomic E-state index is 12.6. The van der Waals surface area contributed by atoms with Crippen LogP contribution in [0.3, 0.4) is 0 Å². The largest absolute Gasteiger partial charge is 0.354 e. The van der Waals surface area contributed by atoms with Crippen molar-refractivity contribution in [1.82, 2.24) is 15.5 Å². The second-order valence-electron chi connectivity index (χ2n) is 6.99. The van der Waals surface area contributed by atoms with Crippen molar-refractivity contribution >= 4 is 17.8 Å². The van der Waals surface area contributed by atoms with E-state index < -0.39 is 11.6 Å². The summed E-state index contributed by atoms with van der Waals surface area (Å²) in [5, 5.41) is 5.63. The van der Waals surface area contributed by atoms with Crippen molar-refractivity contribution in [3.8, 4) is 0 Å². The van der Waals surface area contributed by atoms with Crippen molar-refractivity contribution in [1.29, 1.82) is 0 Å². The van der Waals surface area contributed by atoms with Crippen molar-refractivity contribution in [3.05, 3.63) is 35.4 Å². The van der Waals surface area contributed by atoms with Gasteiger partial charge in [0, 0.05) is 6.54 Å². The first-order valence-electron chi connectivity index (χ1n) is 8.97. The Hall–Kier alpha value is -2.37. The molecule has 0 radical (unpaired) electrons. The Bertz CT molecular complexity index is 680. The Morgan fingerprint density at radius 3 is 2.64 bits per heavy atom. The number of urea groups is 1. The van der Waals surface area contributed by atoms with Gasteiger partial charge in [-0.1, -0.05) is 43.5 Å². The van der Waals surface area contributed by atoms with Gasteiger partial charge in [0.15, 0.2) is 0 Å². The third-order valence-electron chi connectivity index (χ3n) is 5.23. The maximum Gasteiger partial charge on any atom is 0.325 e. The van der Waals surface area contributed by atoms with Gasteiger partial charge in [0.25, 0.3) is 5.91 Å². The summed E-state index contributed by atoms with van der Waals surface area (Å²) in [6.45, 7) is 2.31. The number of hydrogen-bond acceptors (Lipinski definition) is 3. The van der Waals surface area contributed by atoms with Gasteiger partial charge in [0.05, 0.1) is 0 Å². The van der Waals surface area contributed by atoms with E-state index in [9.17, 15) is 14.4 Å². The Balaban J connectivity index is 1.51. The van der Waals surface area contributed by atoms with Gasteiger partial charge in [0.2, 0.25) is 5.91 Å². The zero-order chi connectivity index (χ0) is 17.9. The molecule has 1 heterocycles. The molecule has 1 saturated carbocycles. The van der Waals surface area contributed by atoms with E-state index in [-0.39, 0.29) is 18.4 Å². The van der Waals surface area contributed by atoms with Crippen LogP contribution < -0.4 is 10.6 Å². The summed E-state index contributed by atoms with van der Waals surface area (Å²) in [5.74, 6) is -0.545. The fraction of sp³-hybridized carbons (Fsp3) is 0.526. The van der Waals surface area contributed by atoms with Gasteiger partial charge in [-0.05, 0) is 37.3 Å². The predicted octanol–water partition coefficient (Wildman–Crippen LogP) is 1.91. The number of aryl methyl sites for hydroxylation is 1. The molecule has 2 aliphatic rings. The lowest BCUT2D eigenvalue weighted by molar-refractivity contribution is -0.135. The highest BCUT2D eigenvalue weighted by Gasteiger charge is 2.51. The number of rotatable bonds is 5. The number of imide groups is 1. The molecule has 1 spiro atoms. The van der Waals surface area contributed by atoms with Crippen LogP contribution in [-0.4, -0.2) is 41.4 Å². The van der Waals surface area contributed by atoms with Crippen LogP contribution in [0.2, 0.25) is 0 Å². The summed E-state index contributed by atoms with van der Waals surface area (Å²) in [5.41, 5.74) is 1.60. The van der Waals surface area contributed by atoms with Gasteiger partial charge < -0.3 is 10.6 Å². The average molecular weight is 343 g/mol. The highest BCUT2D eigenvalue weighted by molar-refractivity contribution is 6.09. The minimum absolute atomic E-state index is 0.208. The van der Waals surface area contributed by atoms with Crippen molar-refractivity contribution in [2.24, 2.45) is 0 Å². The molecule has 1 aromatic rings. The number of benzene rings is 1. The zero-order valence-corrected chi connectivity index (χ0v) is 14.6. The molecule has 6 heteroatoms. The van der Waals surface area contributed by atoms with Gasteiger partial charge >= 0.3 is 6.03 Å². The van der Waals surface area contributed by atoms with E-state index in [1.807, 2.05) is 31.2 Å². The highest BCUT2D eigenvalue weighted by Crippen LogP contribution is 2.33. The van der Waals surface area contributed by atoms with E-state index in [4.69, 9.17) is 0 Å². The number of hydrogen-bond donors (Lipinski definition) is 2. The lowest BCUT2D eigenvalue weighted by atomic mass is 9.82. The van der Waals surface area contributed by atoms with Gasteiger partial charge in [0.1, 0.15) is 12.1 Å². The molecular weight excluding hydrogens is 318 g/mol. The topological polar surface area (TPSA) is 78.5 Å². The van der Waals surface area contributed by atoms with Crippen molar-refractivity contribution in [2.75, 3.05) is 13.1 Å². The first-order valence-corrected chi connectivity index (χ1v) is 8.97. The molecule has 0 atom stereocenters. The van der Waals surface area contributed by atoms with Crippen LogP contribution in [0.4, 0.5) is 4.79 Å². The molecule has 4 amide bonds. The van der Waals surface area contributed by atoms with Crippen molar-refractivity contribution in [2.45, 2.75) is 51.0 Å². The second-order valence-corrected chi connectivity index (χ2v) is 6.99. The highest BCUT2D eigenvalue weighted by atomic mass is 16.2. The summed E-state index contributed by atoms with van der Waals surface area (Å²) in [4.78, 5) is 38.0. The third-order valence-corrected chi connectivity index (χ3v) is 5.23. The van der Waals surface area contributed by atoms with Gasteiger partial charge in [-0.25, -0.2) is 4.79 Å². The van der Waals surface area contributed by atoms with Gasteiger partial charge in [-0.15, -0.1) is 0 Å². The van der Waals surface area contributed by atoms with Crippen LogP contribution in [0.25, 0.3) is 0 Å². The third kappa shape index (κ3) is 3.67. The number of nitrogens with one attached hydrogen (secondary N) is 2. The fourth-order valence-electron chi connectivity index (χ4n) is 3.74. The fourth-order valence-corrected chi connectivity index (χ4v) is 3.74. The quantitative estimate of drug-likeness (QED) is 0.802. The minimum atomic E-state index is -0.767. The number of carbonyl (C=O) groups excluding carboxylic acids is 3. The molecule has 2 fully saturated rings. The van der Waals surface area contributed by atoms with E-state index in [1.54, 1.807) is 0 Å². The Morgan fingerprint density at radius 1 is 1.20 bits per heavy atom. The van der Waals surface area contributed by atoms with Gasteiger partial charge in [-0.3, -0.25) is 14.5 Å². The Morgan fingerprint density at radius 2 is 1.92 bits per heavy atom. The van der Waals surface area contributed by atoms with E-state index in [0.717, 1.165) is 30.6 Å². The molecule has 0 unspecified atom stereocenters. The standard InChI is InChI=1S/C19H25N3O3/c1-14-7-3-4-8-15(14)9-12-20-16(23)13-22-17(24)19(21-18(22)25)10-5-2-6-11-19/h3-4,7-8H,2,5-6,9-13H2,1H3,(H,20,23)(H,21,25). The predicted molar refractivity (Wildman–Crippen MR) is 94.0 cm³/mol. The summed E-state index contributed by atoms with van der Waals surface area (Å²) < 4.78 is 0. The number of amides is 4. The molecule has 0 bridgehead atoms. The van der Waals surface area contributed by atoms with Crippen LogP contribution in [0.1, 0.15) is 43.2 Å². The van der Waals surface area contributed by atoms with E-state index in [1.165, 1.54) is 11.1 Å². The van der Waals surface area contributed by atoms with Crippen LogP contribution in [-0.2, 0) is 16.0 Å². The summed E-state index contributed by atoms with van der Waals surface area (Å²) in [7, 11) is 0. The molecule has 3 rings (SSSR count). The lowest BCUT2D eigenvalue weighted by Crippen LogP contribution is -2.49. The molecule has 1 aliphatic carbocycles. The normalized spacial score (nSPS) is 19.2. The SMILES string of the molecule is Cc1ccccc1CCNC(=O)CN1C(=O)NC2(CCCCC2)C1=O. The zero-order valence-electron chi connectivity index (χ0n) is 14.6. The van der Waals surface area contributed by atoms with E-state index in [2.05, 4.69) is 10.6 Å². The molecule has 1 saturated heterocycles. The van der Waals surface area contributed by atoms with Crippen molar-refractivity contribution < 1.29 is 14.4 Å². The molecule has 134 valence electrons. The van der Waals surface area contributed by atoms with Crippen LogP contribution in [0.15, 0.2) is 24.3 Å². The minimum Gasteiger partial charge on any atom is -0.354 e. The molecule has 0 aromatic heterocycles. The molecule has 1 aromatic carbocycles. The molecular formula is C19H25N3O3. The smallest absolute Gasteiger partial charge is 0.325 e. The number of nitrogens with zero attached hydrogens (tertiary/aromatic N) is 1. The van der Waals surface area contributed by atoms with Crippen molar-refractivity contribution in [3.63, 3.8) is 0 Å². The summed E-state index contributed by atoms with van der Waals surface area (Å²) in [6.07, 6.45) is 5.02. The Labute approximate surface area is 148 Å². The molecule has 6 nitrogen and oxygen atoms in total. The monoisotopic (exact) mass is 343 g/mol. The molecule has 2 N–H and O–H groups in total. The van der Waals surface area contributed by atoms with E-state index >= 15 is 0 Å². The van der Waals surface area contributed by atoms with E-state index in [0.29, 0.717) is 19.4 Å². The number of carbonyl (C=O) groups is 3. The molecule has 25 heavy (non-hydrogen) atoms. The summed E-state index contributed by atoms with van der Waals surface area (Å²) in [6, 6.07) is 7.58. The van der Waals surface area contributed by atoms with Crippen LogP contribution in [0.5, 0.6) is 0 Å². The maximum absolute atomic E-state index is 12.6. The average Bonchev–Trinajstić information content (AvgIpc) is 2.81.